The first kappa shape index (κ1) is 11.9. The third-order valence-electron chi connectivity index (χ3n) is 2.96. The highest BCUT2D eigenvalue weighted by atomic mass is 32.1. The Morgan fingerprint density at radius 3 is 2.82 bits per heavy atom. The molecule has 1 aliphatic heterocycles. The SMILES string of the molecule is CC(=O)C1=C(C)N(C)C(=S)N[C@H]1c1ccco1. The first-order valence-electron chi connectivity index (χ1n) is 5.31. The molecule has 0 amide bonds. The lowest BCUT2D eigenvalue weighted by atomic mass is 9.97. The molecule has 0 spiro atoms. The molecule has 0 fully saturated rings. The molecule has 0 radical (unpaired) electrons. The predicted molar refractivity (Wildman–Crippen MR) is 68.3 cm³/mol. The summed E-state index contributed by atoms with van der Waals surface area (Å²) in [6.07, 6.45) is 1.59. The van der Waals surface area contributed by atoms with Gasteiger partial charge in [0.2, 0.25) is 0 Å². The van der Waals surface area contributed by atoms with Gasteiger partial charge in [-0.25, -0.2) is 0 Å². The Bertz CT molecular complexity index is 491. The van der Waals surface area contributed by atoms with E-state index in [1.165, 1.54) is 0 Å². The van der Waals surface area contributed by atoms with Gasteiger partial charge in [0.25, 0.3) is 0 Å². The van der Waals surface area contributed by atoms with Crippen LogP contribution in [0, 0.1) is 0 Å². The van der Waals surface area contributed by atoms with Crippen molar-refractivity contribution in [2.45, 2.75) is 19.9 Å². The van der Waals surface area contributed by atoms with Crippen LogP contribution in [0.4, 0.5) is 0 Å². The van der Waals surface area contributed by atoms with Gasteiger partial charge in [-0.05, 0) is 38.2 Å². The number of furan rings is 1. The fraction of sp³-hybridized carbons (Fsp3) is 0.333. The maximum atomic E-state index is 11.8. The molecular formula is C12H14N2O2S. The van der Waals surface area contributed by atoms with E-state index in [0.717, 1.165) is 5.70 Å². The topological polar surface area (TPSA) is 45.5 Å². The number of carbonyl (C=O) groups excluding carboxylic acids is 1. The summed E-state index contributed by atoms with van der Waals surface area (Å²) in [5, 5.41) is 3.71. The predicted octanol–water partition coefficient (Wildman–Crippen LogP) is 2.00. The maximum Gasteiger partial charge on any atom is 0.173 e. The molecule has 0 aliphatic carbocycles. The molecule has 1 N–H and O–H groups in total. The number of allylic oxidation sites excluding steroid dienone is 1. The zero-order valence-electron chi connectivity index (χ0n) is 9.98. The second kappa shape index (κ2) is 4.33. The molecule has 2 rings (SSSR count). The Kier molecular flexibility index (Phi) is 3.02. The Hall–Kier alpha value is -1.62. The van der Waals surface area contributed by atoms with Crippen LogP contribution in [0.5, 0.6) is 0 Å². The first-order valence-corrected chi connectivity index (χ1v) is 5.72. The van der Waals surface area contributed by atoms with E-state index in [4.69, 9.17) is 16.6 Å². The van der Waals surface area contributed by atoms with Gasteiger partial charge < -0.3 is 14.6 Å². The van der Waals surface area contributed by atoms with E-state index in [2.05, 4.69) is 5.32 Å². The van der Waals surface area contributed by atoms with E-state index < -0.39 is 0 Å². The van der Waals surface area contributed by atoms with Crippen molar-refractivity contribution in [2.75, 3.05) is 7.05 Å². The zero-order valence-corrected chi connectivity index (χ0v) is 10.8. The molecule has 4 nitrogen and oxygen atoms in total. The van der Waals surface area contributed by atoms with Gasteiger partial charge in [-0.2, -0.15) is 0 Å². The van der Waals surface area contributed by atoms with E-state index >= 15 is 0 Å². The average Bonchev–Trinajstić information content (AvgIpc) is 2.77. The quantitative estimate of drug-likeness (QED) is 0.813. The van der Waals surface area contributed by atoms with Crippen LogP contribution in [-0.4, -0.2) is 22.8 Å². The van der Waals surface area contributed by atoms with Crippen LogP contribution in [0.1, 0.15) is 25.6 Å². The second-order valence-corrected chi connectivity index (χ2v) is 4.40. The zero-order chi connectivity index (χ0) is 12.6. The number of rotatable bonds is 2. The van der Waals surface area contributed by atoms with E-state index in [9.17, 15) is 4.79 Å². The minimum absolute atomic E-state index is 0.0192. The lowest BCUT2D eigenvalue weighted by molar-refractivity contribution is -0.114. The van der Waals surface area contributed by atoms with Crippen LogP contribution in [0.15, 0.2) is 34.1 Å². The summed E-state index contributed by atoms with van der Waals surface area (Å²) in [6, 6.07) is 3.35. The molecule has 0 aromatic carbocycles. The minimum Gasteiger partial charge on any atom is -0.467 e. The van der Waals surface area contributed by atoms with Crippen molar-refractivity contribution in [1.29, 1.82) is 0 Å². The number of nitrogens with zero attached hydrogens (tertiary/aromatic N) is 1. The fourth-order valence-corrected chi connectivity index (χ4v) is 2.22. The van der Waals surface area contributed by atoms with Gasteiger partial charge in [0.1, 0.15) is 11.8 Å². The lowest BCUT2D eigenvalue weighted by Gasteiger charge is -2.34. The molecule has 0 unspecified atom stereocenters. The summed E-state index contributed by atoms with van der Waals surface area (Å²) in [5.74, 6) is 0.718. The monoisotopic (exact) mass is 250 g/mol. The van der Waals surface area contributed by atoms with Crippen molar-refractivity contribution in [3.8, 4) is 0 Å². The molecule has 0 saturated heterocycles. The smallest absolute Gasteiger partial charge is 0.173 e. The lowest BCUT2D eigenvalue weighted by Crippen LogP contribution is -2.45. The summed E-state index contributed by atoms with van der Waals surface area (Å²) in [5.41, 5.74) is 1.55. The number of ketones is 1. The van der Waals surface area contributed by atoms with Crippen LogP contribution in [0.3, 0.4) is 0 Å². The summed E-state index contributed by atoms with van der Waals surface area (Å²) in [6.45, 7) is 3.44. The van der Waals surface area contributed by atoms with Crippen LogP contribution in [-0.2, 0) is 4.79 Å². The molecule has 1 aromatic rings. The Labute approximate surface area is 105 Å². The van der Waals surface area contributed by atoms with Gasteiger partial charge in [-0.15, -0.1) is 0 Å². The Morgan fingerprint density at radius 1 is 1.59 bits per heavy atom. The van der Waals surface area contributed by atoms with E-state index in [0.29, 0.717) is 16.4 Å². The molecule has 1 aromatic heterocycles. The molecular weight excluding hydrogens is 236 g/mol. The van der Waals surface area contributed by atoms with Gasteiger partial charge in [0.15, 0.2) is 10.9 Å². The molecule has 17 heavy (non-hydrogen) atoms. The van der Waals surface area contributed by atoms with Crippen molar-refractivity contribution in [2.24, 2.45) is 0 Å². The highest BCUT2D eigenvalue weighted by molar-refractivity contribution is 7.80. The van der Waals surface area contributed by atoms with Crippen molar-refractivity contribution < 1.29 is 9.21 Å². The van der Waals surface area contributed by atoms with Crippen molar-refractivity contribution in [1.82, 2.24) is 10.2 Å². The summed E-state index contributed by atoms with van der Waals surface area (Å²) >= 11 is 5.22. The summed E-state index contributed by atoms with van der Waals surface area (Å²) < 4.78 is 5.36. The van der Waals surface area contributed by atoms with Crippen molar-refractivity contribution >= 4 is 23.1 Å². The Morgan fingerprint density at radius 2 is 2.29 bits per heavy atom. The van der Waals surface area contributed by atoms with Gasteiger partial charge in [0, 0.05) is 18.3 Å². The highest BCUT2D eigenvalue weighted by Gasteiger charge is 2.31. The molecule has 1 atom stereocenters. The van der Waals surface area contributed by atoms with Gasteiger partial charge in [0.05, 0.1) is 6.26 Å². The van der Waals surface area contributed by atoms with Crippen LogP contribution in [0.2, 0.25) is 0 Å². The molecule has 1 aliphatic rings. The molecule has 0 bridgehead atoms. The first-order chi connectivity index (χ1) is 8.02. The number of nitrogens with one attached hydrogen (secondary N) is 1. The molecule has 2 heterocycles. The third-order valence-corrected chi connectivity index (χ3v) is 3.35. The van der Waals surface area contributed by atoms with Crippen LogP contribution >= 0.6 is 12.2 Å². The molecule has 90 valence electrons. The van der Waals surface area contributed by atoms with E-state index in [1.54, 1.807) is 24.2 Å². The number of thiocarbonyl (C=S) groups is 1. The average molecular weight is 250 g/mol. The van der Waals surface area contributed by atoms with Gasteiger partial charge in [-0.3, -0.25) is 4.79 Å². The normalized spacial score (nSPS) is 20.5. The number of hydrogen-bond donors (Lipinski definition) is 1. The number of hydrogen-bond acceptors (Lipinski definition) is 3. The van der Waals surface area contributed by atoms with Crippen LogP contribution < -0.4 is 5.32 Å². The largest absolute Gasteiger partial charge is 0.467 e. The highest BCUT2D eigenvalue weighted by Crippen LogP contribution is 2.30. The maximum absolute atomic E-state index is 11.8. The van der Waals surface area contributed by atoms with Crippen molar-refractivity contribution in [3.63, 3.8) is 0 Å². The van der Waals surface area contributed by atoms with Crippen molar-refractivity contribution in [3.05, 3.63) is 35.4 Å². The van der Waals surface area contributed by atoms with E-state index in [1.807, 2.05) is 20.0 Å². The van der Waals surface area contributed by atoms with Gasteiger partial charge in [-0.1, -0.05) is 0 Å². The molecule has 0 saturated carbocycles. The summed E-state index contributed by atoms with van der Waals surface area (Å²) in [4.78, 5) is 13.6. The number of Topliss-reactive ketones (excluding diaryl/α,β-unsaturated/α-hetero) is 1. The summed E-state index contributed by atoms with van der Waals surface area (Å²) in [7, 11) is 1.84. The second-order valence-electron chi connectivity index (χ2n) is 4.01. The van der Waals surface area contributed by atoms with Gasteiger partial charge >= 0.3 is 0 Å². The fourth-order valence-electron chi connectivity index (χ4n) is 1.96. The minimum atomic E-state index is -0.286. The van der Waals surface area contributed by atoms with Crippen LogP contribution in [0.25, 0.3) is 0 Å². The number of carbonyl (C=O) groups is 1. The third kappa shape index (κ3) is 1.98. The van der Waals surface area contributed by atoms with E-state index in [-0.39, 0.29) is 11.8 Å². The standard InChI is InChI=1S/C12H14N2O2S/c1-7-10(8(2)15)11(9-5-4-6-16-9)13-12(17)14(7)3/h4-6,11H,1-3H3,(H,13,17)/t11-/m0/s1. The Balaban J connectivity index is 2.51. The molecule has 5 heteroatoms.